The van der Waals surface area contributed by atoms with Gasteiger partial charge in [0.05, 0.1) is 5.76 Å². The van der Waals surface area contributed by atoms with Crippen molar-refractivity contribution in [1.82, 2.24) is 0 Å². The average Bonchev–Trinajstić information content (AvgIpc) is 3.41. The Hall–Kier alpha value is -1.26. The van der Waals surface area contributed by atoms with Crippen molar-refractivity contribution in [2.75, 3.05) is 0 Å². The van der Waals surface area contributed by atoms with Gasteiger partial charge in [-0.05, 0) is 102 Å². The summed E-state index contributed by atoms with van der Waals surface area (Å²) in [7, 11) is -5.77. The van der Waals surface area contributed by atoms with E-state index in [1.165, 1.54) is 5.57 Å². The molecule has 10 heteroatoms. The highest BCUT2D eigenvalue weighted by molar-refractivity contribution is 8.59. The van der Waals surface area contributed by atoms with E-state index in [9.17, 15) is 26.7 Å². The van der Waals surface area contributed by atoms with Crippen molar-refractivity contribution in [3.05, 3.63) is 58.1 Å². The van der Waals surface area contributed by atoms with Crippen LogP contribution in [-0.4, -0.2) is 19.0 Å². The van der Waals surface area contributed by atoms with Gasteiger partial charge in [-0.1, -0.05) is 13.2 Å². The zero-order valence-electron chi connectivity index (χ0n) is 18.0. The Kier molecular flexibility index (Phi) is 6.59. The van der Waals surface area contributed by atoms with Gasteiger partial charge in [-0.15, -0.1) is 23.3 Å². The Morgan fingerprint density at radius 2 is 1.64 bits per heavy atom. The van der Waals surface area contributed by atoms with Crippen molar-refractivity contribution < 1.29 is 30.9 Å². The summed E-state index contributed by atoms with van der Waals surface area (Å²) in [5.74, 6) is 1.19. The van der Waals surface area contributed by atoms with Crippen molar-refractivity contribution in [2.45, 2.75) is 56.9 Å². The second kappa shape index (κ2) is 8.75. The molecule has 0 aliphatic heterocycles. The molecule has 0 aromatic carbocycles. The lowest BCUT2D eigenvalue weighted by molar-refractivity contribution is -0.0520. The lowest BCUT2D eigenvalue weighted by Gasteiger charge is -2.35. The number of allylic oxidation sites excluding steroid dienone is 7. The second-order valence-electron chi connectivity index (χ2n) is 9.38. The van der Waals surface area contributed by atoms with E-state index in [0.717, 1.165) is 54.4 Å². The van der Waals surface area contributed by atoms with Crippen molar-refractivity contribution in [3.8, 4) is 0 Å². The third-order valence-electron chi connectivity index (χ3n) is 7.89. The van der Waals surface area contributed by atoms with Crippen LogP contribution in [0.15, 0.2) is 58.1 Å². The maximum Gasteiger partial charge on any atom is 0.534 e. The summed E-state index contributed by atoms with van der Waals surface area (Å²) in [6.45, 7) is 7.90. The number of hydrogen-bond acceptors (Lipinski definition) is 6. The number of rotatable bonds is 5. The maximum atomic E-state index is 12.8. The quantitative estimate of drug-likeness (QED) is 0.123. The van der Waals surface area contributed by atoms with Gasteiger partial charge in [0.2, 0.25) is 0 Å². The number of hydrogen-bond donors (Lipinski definition) is 3. The molecule has 0 spiro atoms. The van der Waals surface area contributed by atoms with Gasteiger partial charge >= 0.3 is 15.6 Å². The molecular weight excluding hydrogens is 493 g/mol. The van der Waals surface area contributed by atoms with E-state index in [1.54, 1.807) is 0 Å². The summed E-state index contributed by atoms with van der Waals surface area (Å²) in [4.78, 5) is 0. The van der Waals surface area contributed by atoms with Gasteiger partial charge in [0.15, 0.2) is 0 Å². The summed E-state index contributed by atoms with van der Waals surface area (Å²) in [6.07, 6.45) is 6.63. The molecule has 2 bridgehead atoms. The van der Waals surface area contributed by atoms with Crippen molar-refractivity contribution in [2.24, 2.45) is 23.7 Å². The molecule has 5 aliphatic rings. The van der Waals surface area contributed by atoms with Crippen LogP contribution in [0.5, 0.6) is 0 Å². The summed E-state index contributed by atoms with van der Waals surface area (Å²) >= 11 is 6.44. The number of aliphatic hydroxyl groups excluding tert-OH is 1. The Balaban J connectivity index is 0.00000126. The fourth-order valence-corrected chi connectivity index (χ4v) is 6.88. The fourth-order valence-electron chi connectivity index (χ4n) is 6.42. The molecule has 5 aliphatic carbocycles. The number of thiol groups is 2. The van der Waals surface area contributed by atoms with Gasteiger partial charge in [-0.2, -0.15) is 21.6 Å². The van der Waals surface area contributed by atoms with Crippen LogP contribution in [0.3, 0.4) is 0 Å². The lowest BCUT2D eigenvalue weighted by Crippen LogP contribution is -2.25. The third-order valence-corrected chi connectivity index (χ3v) is 8.87. The summed E-state index contributed by atoms with van der Waals surface area (Å²) in [5, 5.41) is 10.5. The third kappa shape index (κ3) is 3.99. The van der Waals surface area contributed by atoms with Crippen molar-refractivity contribution >= 4 is 33.4 Å². The minimum absolute atomic E-state index is 0.145. The SMILES string of the molecule is C=C(OS(=O)(=O)C(F)(F)F)C1=C(C(=C)C2=C3C(=C(O)CC2)C2CCC3C2)C2CCC2C1.SS. The molecule has 4 nitrogen and oxygen atoms in total. The van der Waals surface area contributed by atoms with E-state index in [4.69, 9.17) is 0 Å². The first-order valence-electron chi connectivity index (χ1n) is 11.0. The molecular formula is C23H27F3O4S3. The molecule has 0 radical (unpaired) electrons. The van der Waals surface area contributed by atoms with Crippen LogP contribution in [0, 0.1) is 23.7 Å². The van der Waals surface area contributed by atoms with E-state index >= 15 is 0 Å². The van der Waals surface area contributed by atoms with Gasteiger partial charge in [-0.25, -0.2) is 0 Å². The molecule has 0 amide bonds. The van der Waals surface area contributed by atoms with Crippen molar-refractivity contribution in [1.29, 1.82) is 0 Å². The highest BCUT2D eigenvalue weighted by atomic mass is 33.1. The molecule has 3 saturated carbocycles. The highest BCUT2D eigenvalue weighted by Crippen LogP contribution is 2.60. The standard InChI is InChI=1S/C23H25F3O4S.H2S2/c1-11(16-7-8-19(27)22-15-4-3-14(9-15)21(16)22)20-17-6-5-13(17)10-18(20)12(2)30-31(28,29)23(24,25)26;1-2/h13-15,17,27H,1-10H2;1-2H. The topological polar surface area (TPSA) is 63.6 Å². The molecule has 0 aromatic rings. The first-order chi connectivity index (χ1) is 15.5. The van der Waals surface area contributed by atoms with Gasteiger partial charge in [0, 0.05) is 6.42 Å². The minimum Gasteiger partial charge on any atom is -0.512 e. The fraction of sp³-hybridized carbons (Fsp3) is 0.565. The van der Waals surface area contributed by atoms with E-state index in [2.05, 4.69) is 40.7 Å². The monoisotopic (exact) mass is 520 g/mol. The van der Waals surface area contributed by atoms with Gasteiger partial charge in [-0.3, -0.25) is 0 Å². The summed E-state index contributed by atoms with van der Waals surface area (Å²) < 4.78 is 66.0. The van der Waals surface area contributed by atoms with Crippen LogP contribution < -0.4 is 0 Å². The summed E-state index contributed by atoms with van der Waals surface area (Å²) in [6, 6.07) is 0. The Labute approximate surface area is 202 Å². The lowest BCUT2D eigenvalue weighted by atomic mass is 9.69. The van der Waals surface area contributed by atoms with Gasteiger partial charge in [0.25, 0.3) is 0 Å². The van der Waals surface area contributed by atoms with Gasteiger partial charge < -0.3 is 9.29 Å². The number of alkyl halides is 3. The highest BCUT2D eigenvalue weighted by Gasteiger charge is 2.51. The van der Waals surface area contributed by atoms with Crippen LogP contribution in [0.1, 0.15) is 51.4 Å². The molecule has 5 rings (SSSR count). The van der Waals surface area contributed by atoms with Crippen LogP contribution in [-0.2, 0) is 14.3 Å². The molecule has 0 heterocycles. The molecule has 0 saturated heterocycles. The smallest absolute Gasteiger partial charge is 0.512 e. The largest absolute Gasteiger partial charge is 0.534 e. The van der Waals surface area contributed by atoms with Crippen molar-refractivity contribution in [3.63, 3.8) is 0 Å². The first-order valence-corrected chi connectivity index (χ1v) is 14.0. The van der Waals surface area contributed by atoms with E-state index < -0.39 is 21.4 Å². The zero-order valence-corrected chi connectivity index (χ0v) is 20.6. The van der Waals surface area contributed by atoms with E-state index in [-0.39, 0.29) is 11.8 Å². The maximum absolute atomic E-state index is 12.8. The molecule has 1 N–H and O–H groups in total. The van der Waals surface area contributed by atoms with E-state index in [0.29, 0.717) is 42.4 Å². The van der Waals surface area contributed by atoms with E-state index in [1.807, 2.05) is 0 Å². The summed E-state index contributed by atoms with van der Waals surface area (Å²) in [5.41, 5.74) is -0.172. The number of fused-ring (bicyclic) bond motifs is 6. The number of aliphatic hydroxyl groups is 1. The molecule has 33 heavy (non-hydrogen) atoms. The van der Waals surface area contributed by atoms with Crippen LogP contribution in [0.2, 0.25) is 0 Å². The molecule has 4 unspecified atom stereocenters. The van der Waals surface area contributed by atoms with Crippen LogP contribution >= 0.6 is 23.3 Å². The zero-order chi connectivity index (χ0) is 24.3. The predicted molar refractivity (Wildman–Crippen MR) is 127 cm³/mol. The molecule has 4 atom stereocenters. The average molecular weight is 521 g/mol. The molecule has 182 valence electrons. The molecule has 0 aromatic heterocycles. The van der Waals surface area contributed by atoms with Gasteiger partial charge in [0.1, 0.15) is 5.76 Å². The van der Waals surface area contributed by atoms with Crippen LogP contribution in [0.25, 0.3) is 0 Å². The Morgan fingerprint density at radius 3 is 2.21 bits per heavy atom. The minimum atomic E-state index is -5.77. The predicted octanol–water partition coefficient (Wildman–Crippen LogP) is 6.74. The normalized spacial score (nSPS) is 30.5. The Morgan fingerprint density at radius 1 is 1.00 bits per heavy atom. The second-order valence-corrected chi connectivity index (χ2v) is 10.9. The first kappa shape index (κ1) is 24.9. The molecule has 3 fully saturated rings. The Bertz CT molecular complexity index is 1100. The number of halogens is 3. The van der Waals surface area contributed by atoms with Crippen LogP contribution in [0.4, 0.5) is 13.2 Å².